The third kappa shape index (κ3) is 4.94. The van der Waals surface area contributed by atoms with Gasteiger partial charge in [0.05, 0.1) is 28.7 Å². The Balaban J connectivity index is 1.36. The van der Waals surface area contributed by atoms with E-state index < -0.39 is 5.92 Å². The van der Waals surface area contributed by atoms with E-state index in [0.29, 0.717) is 28.7 Å². The Hall–Kier alpha value is -2.91. The predicted molar refractivity (Wildman–Crippen MR) is 126 cm³/mol. The second-order valence-corrected chi connectivity index (χ2v) is 9.77. The van der Waals surface area contributed by atoms with Gasteiger partial charge < -0.3 is 10.6 Å². The molecule has 32 heavy (non-hydrogen) atoms. The van der Waals surface area contributed by atoms with E-state index in [1.165, 1.54) is 22.7 Å². The zero-order valence-corrected chi connectivity index (χ0v) is 19.5. The number of amides is 2. The second kappa shape index (κ2) is 9.70. The predicted octanol–water partition coefficient (Wildman–Crippen LogP) is 4.31. The van der Waals surface area contributed by atoms with Crippen LogP contribution in [0.15, 0.2) is 35.7 Å². The van der Waals surface area contributed by atoms with Gasteiger partial charge in [0.1, 0.15) is 5.01 Å². The number of rotatable bonds is 7. The summed E-state index contributed by atoms with van der Waals surface area (Å²) in [5.41, 5.74) is 2.50. The molecule has 0 spiro atoms. The van der Waals surface area contributed by atoms with Crippen molar-refractivity contribution in [2.75, 3.05) is 5.32 Å². The van der Waals surface area contributed by atoms with Crippen LogP contribution in [-0.2, 0) is 22.6 Å². The number of Topliss-reactive ketones (excluding diaryl/α,β-unsaturated/α-hetero) is 1. The maximum absolute atomic E-state index is 12.7. The first-order chi connectivity index (χ1) is 15.4. The third-order valence-corrected chi connectivity index (χ3v) is 7.42. The van der Waals surface area contributed by atoms with Crippen LogP contribution in [0.3, 0.4) is 0 Å². The minimum Gasteiger partial charge on any atom is -0.349 e. The molecule has 1 aliphatic carbocycles. The minimum absolute atomic E-state index is 0.103. The van der Waals surface area contributed by atoms with E-state index in [4.69, 9.17) is 0 Å². The quantitative estimate of drug-likeness (QED) is 0.538. The Kier molecular flexibility index (Phi) is 6.76. The number of aromatic nitrogens is 2. The molecule has 0 saturated carbocycles. The maximum Gasteiger partial charge on any atom is 0.228 e. The SMILES string of the molecule is CC[C@H](C)C(=O)Nc1nc2c(s1)C(=O)C[C@H](C(=O)NCc1nc(-c3ccccc3)cs1)C2. The number of hydrogen-bond donors (Lipinski definition) is 2. The van der Waals surface area contributed by atoms with E-state index in [0.717, 1.165) is 22.7 Å². The van der Waals surface area contributed by atoms with Gasteiger partial charge in [0.2, 0.25) is 11.8 Å². The molecule has 7 nitrogen and oxygen atoms in total. The van der Waals surface area contributed by atoms with Crippen molar-refractivity contribution in [2.45, 2.75) is 39.7 Å². The fourth-order valence-electron chi connectivity index (χ4n) is 3.42. The van der Waals surface area contributed by atoms with Crippen molar-refractivity contribution in [3.8, 4) is 11.3 Å². The number of nitrogens with zero attached hydrogens (tertiary/aromatic N) is 2. The smallest absolute Gasteiger partial charge is 0.228 e. The highest BCUT2D eigenvalue weighted by Crippen LogP contribution is 2.32. The molecule has 0 bridgehead atoms. The summed E-state index contributed by atoms with van der Waals surface area (Å²) in [5, 5.41) is 8.90. The minimum atomic E-state index is -0.469. The van der Waals surface area contributed by atoms with Gasteiger partial charge in [-0.3, -0.25) is 14.4 Å². The first-order valence-electron chi connectivity index (χ1n) is 10.6. The van der Waals surface area contributed by atoms with Crippen LogP contribution in [0.1, 0.15) is 47.1 Å². The van der Waals surface area contributed by atoms with Gasteiger partial charge in [-0.2, -0.15) is 0 Å². The molecule has 166 valence electrons. The summed E-state index contributed by atoms with van der Waals surface area (Å²) in [7, 11) is 0. The highest BCUT2D eigenvalue weighted by Gasteiger charge is 2.33. The normalized spacial score (nSPS) is 16.3. The molecule has 2 amide bonds. The molecule has 1 aromatic carbocycles. The number of carbonyl (C=O) groups is 3. The lowest BCUT2D eigenvalue weighted by atomic mass is 9.89. The largest absolute Gasteiger partial charge is 0.349 e. The number of carbonyl (C=O) groups excluding carboxylic acids is 3. The van der Waals surface area contributed by atoms with Crippen LogP contribution in [0.2, 0.25) is 0 Å². The summed E-state index contributed by atoms with van der Waals surface area (Å²) in [6, 6.07) is 9.87. The molecular weight excluding hydrogens is 444 g/mol. The van der Waals surface area contributed by atoms with Crippen molar-refractivity contribution in [2.24, 2.45) is 11.8 Å². The summed E-state index contributed by atoms with van der Waals surface area (Å²) in [6.07, 6.45) is 1.26. The Bertz CT molecular complexity index is 1140. The van der Waals surface area contributed by atoms with E-state index in [1.54, 1.807) is 0 Å². The van der Waals surface area contributed by atoms with Crippen LogP contribution < -0.4 is 10.6 Å². The molecule has 0 fully saturated rings. The first kappa shape index (κ1) is 22.3. The van der Waals surface area contributed by atoms with Crippen LogP contribution in [0, 0.1) is 11.8 Å². The summed E-state index contributed by atoms with van der Waals surface area (Å²) in [4.78, 5) is 47.0. The van der Waals surface area contributed by atoms with Gasteiger partial charge in [-0.1, -0.05) is 55.5 Å². The van der Waals surface area contributed by atoms with Gasteiger partial charge >= 0.3 is 0 Å². The molecule has 0 saturated heterocycles. The van der Waals surface area contributed by atoms with Crippen molar-refractivity contribution in [3.05, 3.63) is 51.3 Å². The molecule has 2 N–H and O–H groups in total. The zero-order valence-electron chi connectivity index (χ0n) is 17.9. The number of anilines is 1. The number of benzene rings is 1. The molecule has 0 unspecified atom stereocenters. The van der Waals surface area contributed by atoms with Crippen LogP contribution >= 0.6 is 22.7 Å². The average molecular weight is 469 g/mol. The van der Waals surface area contributed by atoms with Crippen molar-refractivity contribution in [1.82, 2.24) is 15.3 Å². The average Bonchev–Trinajstić information content (AvgIpc) is 3.44. The van der Waals surface area contributed by atoms with Gasteiger partial charge in [-0.25, -0.2) is 9.97 Å². The Labute approximate surface area is 194 Å². The summed E-state index contributed by atoms with van der Waals surface area (Å²) in [5.74, 6) is -0.993. The lowest BCUT2D eigenvalue weighted by molar-refractivity contribution is -0.125. The van der Waals surface area contributed by atoms with Gasteiger partial charge in [0.25, 0.3) is 0 Å². The van der Waals surface area contributed by atoms with Gasteiger partial charge in [-0.15, -0.1) is 11.3 Å². The number of thiazole rings is 2. The van der Waals surface area contributed by atoms with Crippen molar-refractivity contribution in [1.29, 1.82) is 0 Å². The second-order valence-electron chi connectivity index (χ2n) is 7.83. The van der Waals surface area contributed by atoms with Gasteiger partial charge in [0.15, 0.2) is 10.9 Å². The highest BCUT2D eigenvalue weighted by atomic mass is 32.1. The van der Waals surface area contributed by atoms with E-state index in [9.17, 15) is 14.4 Å². The van der Waals surface area contributed by atoms with Crippen LogP contribution in [0.4, 0.5) is 5.13 Å². The van der Waals surface area contributed by atoms with E-state index in [1.807, 2.05) is 49.6 Å². The number of ketones is 1. The van der Waals surface area contributed by atoms with Crippen molar-refractivity contribution < 1.29 is 14.4 Å². The molecule has 1 aliphatic rings. The highest BCUT2D eigenvalue weighted by molar-refractivity contribution is 7.17. The van der Waals surface area contributed by atoms with Crippen molar-refractivity contribution >= 4 is 45.4 Å². The monoisotopic (exact) mass is 468 g/mol. The van der Waals surface area contributed by atoms with E-state index in [2.05, 4.69) is 20.6 Å². The standard InChI is InChI=1S/C23H24N4O3S2/c1-3-13(2)21(29)27-23-26-16-9-15(10-18(28)20(16)32-23)22(30)24-11-19-25-17(12-31-19)14-7-5-4-6-8-14/h4-8,12-13,15H,3,9-11H2,1-2H3,(H,24,30)(H,26,27,29)/t13-,15+/m0/s1. The Morgan fingerprint density at radius 1 is 1.19 bits per heavy atom. The molecule has 9 heteroatoms. The fourth-order valence-corrected chi connectivity index (χ4v) is 5.11. The summed E-state index contributed by atoms with van der Waals surface area (Å²) < 4.78 is 0. The molecular formula is C23H24N4O3S2. The lowest BCUT2D eigenvalue weighted by Crippen LogP contribution is -2.35. The number of fused-ring (bicyclic) bond motifs is 1. The van der Waals surface area contributed by atoms with Gasteiger partial charge in [0, 0.05) is 29.7 Å². The van der Waals surface area contributed by atoms with Crippen LogP contribution in [0.25, 0.3) is 11.3 Å². The van der Waals surface area contributed by atoms with E-state index >= 15 is 0 Å². The summed E-state index contributed by atoms with van der Waals surface area (Å²) >= 11 is 2.68. The lowest BCUT2D eigenvalue weighted by Gasteiger charge is -2.19. The maximum atomic E-state index is 12.7. The summed E-state index contributed by atoms with van der Waals surface area (Å²) in [6.45, 7) is 4.11. The van der Waals surface area contributed by atoms with Crippen LogP contribution in [-0.4, -0.2) is 27.6 Å². The fraction of sp³-hybridized carbons (Fsp3) is 0.348. The molecule has 0 aliphatic heterocycles. The first-order valence-corrected chi connectivity index (χ1v) is 12.3. The molecule has 3 aromatic rings. The van der Waals surface area contributed by atoms with E-state index in [-0.39, 0.29) is 29.9 Å². The third-order valence-electron chi connectivity index (χ3n) is 5.52. The Morgan fingerprint density at radius 3 is 2.72 bits per heavy atom. The van der Waals surface area contributed by atoms with Crippen molar-refractivity contribution in [3.63, 3.8) is 0 Å². The molecule has 2 atom stereocenters. The topological polar surface area (TPSA) is 101 Å². The van der Waals surface area contributed by atoms with Gasteiger partial charge in [-0.05, 0) is 6.42 Å². The molecule has 4 rings (SSSR count). The Morgan fingerprint density at radius 2 is 1.97 bits per heavy atom. The number of hydrogen-bond acceptors (Lipinski definition) is 7. The zero-order chi connectivity index (χ0) is 22.7. The molecule has 2 aromatic heterocycles. The number of nitrogens with one attached hydrogen (secondary N) is 2. The molecule has 2 heterocycles. The van der Waals surface area contributed by atoms with Crippen LogP contribution in [0.5, 0.6) is 0 Å². The molecule has 0 radical (unpaired) electrons.